The molecule has 0 radical (unpaired) electrons. The fourth-order valence-electron chi connectivity index (χ4n) is 5.19. The minimum Gasteiger partial charge on any atom is -0.353 e. The zero-order chi connectivity index (χ0) is 25.8. The zero-order valence-electron chi connectivity index (χ0n) is 20.6. The van der Waals surface area contributed by atoms with Crippen LogP contribution in [0.3, 0.4) is 0 Å². The third-order valence-corrected chi connectivity index (χ3v) is 7.62. The number of aromatic nitrogens is 1. The van der Waals surface area contributed by atoms with E-state index in [2.05, 4.69) is 27.0 Å². The molecule has 3 heterocycles. The predicted octanol–water partition coefficient (Wildman–Crippen LogP) is 4.73. The lowest BCUT2D eigenvalue weighted by atomic mass is 9.97. The molecule has 4 rings (SSSR count). The second kappa shape index (κ2) is 11.8. The number of pyridine rings is 1. The van der Waals surface area contributed by atoms with Crippen LogP contribution in [0.2, 0.25) is 10.0 Å². The molecule has 10 heteroatoms. The van der Waals surface area contributed by atoms with Gasteiger partial charge in [-0.15, -0.1) is 0 Å². The maximum atomic E-state index is 14.2. The number of benzene rings is 1. The summed E-state index contributed by atoms with van der Waals surface area (Å²) in [6, 6.07) is 6.55. The van der Waals surface area contributed by atoms with E-state index in [0.717, 1.165) is 38.9 Å². The van der Waals surface area contributed by atoms with Crippen molar-refractivity contribution in [2.24, 2.45) is 0 Å². The van der Waals surface area contributed by atoms with E-state index in [0.29, 0.717) is 48.1 Å². The number of anilines is 1. The SMILES string of the molecule is CCNC(=O)c1cnc(N2CCN(C3CCN(C(=O)c4ccc(Cl)cc4F)CC3)[C@@H](CC)C2)c(Cl)c1.[HH]. The Labute approximate surface area is 223 Å². The van der Waals surface area contributed by atoms with Crippen molar-refractivity contribution < 1.29 is 15.4 Å². The van der Waals surface area contributed by atoms with Crippen LogP contribution in [0.15, 0.2) is 30.5 Å². The van der Waals surface area contributed by atoms with E-state index in [1.54, 1.807) is 23.2 Å². The molecule has 2 amide bonds. The molecule has 2 saturated heterocycles. The van der Waals surface area contributed by atoms with E-state index >= 15 is 0 Å². The Kier molecular flexibility index (Phi) is 8.70. The van der Waals surface area contributed by atoms with Crippen LogP contribution >= 0.6 is 23.2 Å². The van der Waals surface area contributed by atoms with E-state index in [4.69, 9.17) is 23.2 Å². The fourth-order valence-corrected chi connectivity index (χ4v) is 5.63. The van der Waals surface area contributed by atoms with Gasteiger partial charge in [0.15, 0.2) is 0 Å². The highest BCUT2D eigenvalue weighted by atomic mass is 35.5. The molecule has 2 aromatic rings. The second-order valence-corrected chi connectivity index (χ2v) is 10.1. The second-order valence-electron chi connectivity index (χ2n) is 9.28. The molecule has 1 aromatic carbocycles. The number of carbonyl (C=O) groups is 2. The predicted molar refractivity (Wildman–Crippen MR) is 143 cm³/mol. The van der Waals surface area contributed by atoms with Crippen LogP contribution in [-0.4, -0.2) is 78.0 Å². The number of amides is 2. The van der Waals surface area contributed by atoms with Crippen LogP contribution in [0, 0.1) is 5.82 Å². The maximum Gasteiger partial charge on any atom is 0.256 e. The fraction of sp³-hybridized carbons (Fsp3) is 0.500. The summed E-state index contributed by atoms with van der Waals surface area (Å²) in [7, 11) is 0. The maximum absolute atomic E-state index is 14.2. The van der Waals surface area contributed by atoms with Crippen LogP contribution < -0.4 is 10.2 Å². The number of hydrogen-bond acceptors (Lipinski definition) is 5. The summed E-state index contributed by atoms with van der Waals surface area (Å²) >= 11 is 12.4. The smallest absolute Gasteiger partial charge is 0.256 e. The number of nitrogens with one attached hydrogen (secondary N) is 1. The van der Waals surface area contributed by atoms with E-state index in [1.165, 1.54) is 12.1 Å². The van der Waals surface area contributed by atoms with Crippen molar-refractivity contribution in [1.82, 2.24) is 20.1 Å². The molecule has 0 saturated carbocycles. The Morgan fingerprint density at radius 1 is 1.14 bits per heavy atom. The van der Waals surface area contributed by atoms with Gasteiger partial charge in [0.1, 0.15) is 11.6 Å². The average molecular weight is 538 g/mol. The Morgan fingerprint density at radius 3 is 2.53 bits per heavy atom. The van der Waals surface area contributed by atoms with Crippen molar-refractivity contribution in [3.63, 3.8) is 0 Å². The lowest BCUT2D eigenvalue weighted by Gasteiger charge is -2.47. The van der Waals surface area contributed by atoms with Crippen LogP contribution in [-0.2, 0) is 0 Å². The standard InChI is InChI=1S/C26H32Cl2FN5O2.H2/c1-3-19-16-33(24-22(28)13-17(15-31-24)25(35)30-4-2)11-12-34(19)20-7-9-32(10-8-20)26(36)21-6-5-18(27)14-23(21)29;/h5-6,13-15,19-20H,3-4,7-12,16H2,1-2H3,(H,30,35);1H/t19-;/m0./s1. The molecular formula is C26H34Cl2FN5O2. The first-order chi connectivity index (χ1) is 17.3. The van der Waals surface area contributed by atoms with Gasteiger partial charge in [-0.05, 0) is 50.5 Å². The van der Waals surface area contributed by atoms with E-state index < -0.39 is 5.82 Å². The Balaban J connectivity index is 0.00000380. The van der Waals surface area contributed by atoms with Gasteiger partial charge in [0, 0.05) is 64.0 Å². The van der Waals surface area contributed by atoms with E-state index in [1.807, 2.05) is 6.92 Å². The number of nitrogens with zero attached hydrogens (tertiary/aromatic N) is 4. The molecule has 0 bridgehead atoms. The summed E-state index contributed by atoms with van der Waals surface area (Å²) in [5.41, 5.74) is 0.525. The zero-order valence-corrected chi connectivity index (χ0v) is 22.2. The molecule has 2 fully saturated rings. The van der Waals surface area contributed by atoms with Gasteiger partial charge in [-0.2, -0.15) is 0 Å². The molecule has 0 aliphatic carbocycles. The molecule has 1 atom stereocenters. The summed E-state index contributed by atoms with van der Waals surface area (Å²) in [4.78, 5) is 35.9. The highest BCUT2D eigenvalue weighted by Crippen LogP contribution is 2.30. The van der Waals surface area contributed by atoms with Crippen molar-refractivity contribution in [1.29, 1.82) is 0 Å². The molecule has 2 aliphatic rings. The monoisotopic (exact) mass is 537 g/mol. The largest absolute Gasteiger partial charge is 0.353 e. The molecule has 36 heavy (non-hydrogen) atoms. The van der Waals surface area contributed by atoms with E-state index in [9.17, 15) is 14.0 Å². The molecule has 196 valence electrons. The molecule has 7 nitrogen and oxygen atoms in total. The first kappa shape index (κ1) is 26.6. The van der Waals surface area contributed by atoms with Crippen molar-refractivity contribution in [3.8, 4) is 0 Å². The van der Waals surface area contributed by atoms with Crippen LogP contribution in [0.5, 0.6) is 0 Å². The van der Waals surface area contributed by atoms with Gasteiger partial charge in [0.25, 0.3) is 11.8 Å². The summed E-state index contributed by atoms with van der Waals surface area (Å²) < 4.78 is 14.2. The molecular weight excluding hydrogens is 504 g/mol. The summed E-state index contributed by atoms with van der Waals surface area (Å²) in [5, 5.41) is 3.52. The minimum atomic E-state index is -0.580. The van der Waals surface area contributed by atoms with Gasteiger partial charge in [0.2, 0.25) is 0 Å². The molecule has 1 N–H and O–H groups in total. The van der Waals surface area contributed by atoms with Gasteiger partial charge >= 0.3 is 0 Å². The first-order valence-electron chi connectivity index (χ1n) is 12.5. The average Bonchev–Trinajstić information content (AvgIpc) is 2.88. The third kappa shape index (κ3) is 5.76. The normalized spacial score (nSPS) is 19.4. The molecule has 1 aromatic heterocycles. The van der Waals surface area contributed by atoms with Gasteiger partial charge < -0.3 is 15.1 Å². The highest BCUT2D eigenvalue weighted by molar-refractivity contribution is 6.33. The Hall–Kier alpha value is -2.42. The number of rotatable bonds is 6. The van der Waals surface area contributed by atoms with Gasteiger partial charge in [-0.3, -0.25) is 14.5 Å². The van der Waals surface area contributed by atoms with Crippen LogP contribution in [0.4, 0.5) is 10.2 Å². The van der Waals surface area contributed by atoms with Crippen molar-refractivity contribution in [2.45, 2.75) is 45.2 Å². The van der Waals surface area contributed by atoms with Crippen LogP contribution in [0.25, 0.3) is 0 Å². The molecule has 0 spiro atoms. The quantitative estimate of drug-likeness (QED) is 0.576. The number of piperazine rings is 1. The minimum absolute atomic E-state index is 0. The topological polar surface area (TPSA) is 68.8 Å². The molecule has 0 unspecified atom stereocenters. The summed E-state index contributed by atoms with van der Waals surface area (Å²) in [5.74, 6) is -0.342. The first-order valence-corrected chi connectivity index (χ1v) is 13.3. The number of hydrogen-bond donors (Lipinski definition) is 1. The van der Waals surface area contributed by atoms with Crippen molar-refractivity contribution in [2.75, 3.05) is 44.2 Å². The lowest BCUT2D eigenvalue weighted by molar-refractivity contribution is 0.0487. The number of carbonyl (C=O) groups excluding carboxylic acids is 2. The number of halogens is 3. The van der Waals surface area contributed by atoms with Gasteiger partial charge in [0.05, 0.1) is 16.1 Å². The van der Waals surface area contributed by atoms with Gasteiger partial charge in [-0.1, -0.05) is 30.1 Å². The van der Waals surface area contributed by atoms with Crippen molar-refractivity contribution >= 4 is 40.8 Å². The highest BCUT2D eigenvalue weighted by Gasteiger charge is 2.35. The summed E-state index contributed by atoms with van der Waals surface area (Å²) in [6.45, 7) is 8.21. The number of likely N-dealkylation sites (tertiary alicyclic amines) is 1. The van der Waals surface area contributed by atoms with Gasteiger partial charge in [-0.25, -0.2) is 9.37 Å². The third-order valence-electron chi connectivity index (χ3n) is 7.10. The van der Waals surface area contributed by atoms with Crippen molar-refractivity contribution in [3.05, 3.63) is 57.5 Å². The lowest BCUT2D eigenvalue weighted by Crippen LogP contribution is -2.58. The molecule has 2 aliphatic heterocycles. The Bertz CT molecular complexity index is 1120. The van der Waals surface area contributed by atoms with E-state index in [-0.39, 0.29) is 23.8 Å². The van der Waals surface area contributed by atoms with Crippen LogP contribution in [0.1, 0.15) is 55.3 Å². The Morgan fingerprint density at radius 2 is 1.89 bits per heavy atom. The summed E-state index contributed by atoms with van der Waals surface area (Å²) in [6.07, 6.45) is 4.24. The number of piperidine rings is 1.